The topological polar surface area (TPSA) is 177 Å². The summed E-state index contributed by atoms with van der Waals surface area (Å²) in [5.41, 5.74) is 12.7. The summed E-state index contributed by atoms with van der Waals surface area (Å²) in [5.74, 6) is -1.02. The number of alkyl carbamates (subject to hydrolysis) is 1. The number of nitrogens with zero attached hydrogens (tertiary/aromatic N) is 1. The summed E-state index contributed by atoms with van der Waals surface area (Å²) in [6, 6.07) is 7.12. The van der Waals surface area contributed by atoms with Gasteiger partial charge in [0.15, 0.2) is 6.10 Å². The zero-order valence-corrected chi connectivity index (χ0v) is 25.6. The highest BCUT2D eigenvalue weighted by molar-refractivity contribution is 5.92. The Balaban J connectivity index is 0.00000506. The average molecular weight is 622 g/mol. The molecule has 2 aliphatic carbocycles. The first kappa shape index (κ1) is 34.6. The number of piperidine rings is 1. The number of nitrogens with two attached hydrogens (primary N) is 2. The number of benzene rings is 1. The molecule has 12 heteroatoms. The Labute approximate surface area is 260 Å². The minimum Gasteiger partial charge on any atom is -0.445 e. The van der Waals surface area contributed by atoms with Gasteiger partial charge in [-0.1, -0.05) is 62.4 Å². The number of carbonyl (C=O) groups is 4. The molecule has 2 saturated carbocycles. The monoisotopic (exact) mass is 621 g/mol. The number of hydrogen-bond donors (Lipinski definition) is 5. The quantitative estimate of drug-likeness (QED) is 0.198. The molecule has 1 aromatic rings. The average Bonchev–Trinajstić information content (AvgIpc) is 3.62. The Morgan fingerprint density at radius 2 is 1.74 bits per heavy atom. The lowest BCUT2D eigenvalue weighted by Crippen LogP contribution is -2.59. The second-order valence-electron chi connectivity index (χ2n) is 12.2. The number of halogens is 1. The van der Waals surface area contributed by atoms with Crippen LogP contribution in [0.5, 0.6) is 0 Å². The summed E-state index contributed by atoms with van der Waals surface area (Å²) in [7, 11) is 0. The minimum absolute atomic E-state index is 0. The van der Waals surface area contributed by atoms with Crippen molar-refractivity contribution in [3.8, 4) is 0 Å². The van der Waals surface area contributed by atoms with Crippen molar-refractivity contribution in [3.05, 3.63) is 35.9 Å². The maximum atomic E-state index is 13.6. The van der Waals surface area contributed by atoms with Crippen LogP contribution in [0.15, 0.2) is 30.3 Å². The molecule has 0 spiro atoms. The van der Waals surface area contributed by atoms with Crippen LogP contribution in [-0.4, -0.2) is 70.6 Å². The first-order valence-corrected chi connectivity index (χ1v) is 15.5. The number of unbranched alkanes of at least 4 members (excludes halogenated alkanes) is 1. The van der Waals surface area contributed by atoms with E-state index in [1.807, 2.05) is 30.3 Å². The molecule has 7 N–H and O–H groups in total. The van der Waals surface area contributed by atoms with E-state index in [9.17, 15) is 24.3 Å². The number of fused-ring (bicyclic) bond motifs is 2. The Kier molecular flexibility index (Phi) is 13.5. The molecule has 43 heavy (non-hydrogen) atoms. The van der Waals surface area contributed by atoms with Gasteiger partial charge in [-0.05, 0) is 62.3 Å². The van der Waals surface area contributed by atoms with Gasteiger partial charge in [0.05, 0.1) is 12.1 Å². The van der Waals surface area contributed by atoms with Gasteiger partial charge in [0.2, 0.25) is 17.7 Å². The maximum Gasteiger partial charge on any atom is 0.407 e. The van der Waals surface area contributed by atoms with Crippen LogP contribution >= 0.6 is 12.4 Å². The first-order valence-electron chi connectivity index (χ1n) is 15.5. The number of nitrogens with one attached hydrogen (secondary N) is 2. The van der Waals surface area contributed by atoms with Gasteiger partial charge in [-0.15, -0.1) is 12.4 Å². The highest BCUT2D eigenvalue weighted by Crippen LogP contribution is 2.43. The van der Waals surface area contributed by atoms with Gasteiger partial charge < -0.3 is 36.8 Å². The maximum absolute atomic E-state index is 13.6. The van der Waals surface area contributed by atoms with Gasteiger partial charge in [0.1, 0.15) is 12.6 Å². The number of primary amides is 1. The fourth-order valence-electron chi connectivity index (χ4n) is 6.95. The van der Waals surface area contributed by atoms with Crippen LogP contribution in [0.25, 0.3) is 0 Å². The Morgan fingerprint density at radius 1 is 1.02 bits per heavy atom. The SMILES string of the molecule is Cl.NC(=O)C(O)C(CCCCNC(=O)OCc1ccccc1)NC(=O)[C@@H]1C2CCC(C2)N1C(=O)[C@H](N)CC1CCCCC1. The van der Waals surface area contributed by atoms with Crippen LogP contribution < -0.4 is 22.1 Å². The van der Waals surface area contributed by atoms with Crippen LogP contribution in [0, 0.1) is 11.8 Å². The summed E-state index contributed by atoms with van der Waals surface area (Å²) in [5, 5.41) is 16.0. The van der Waals surface area contributed by atoms with Gasteiger partial charge in [-0.2, -0.15) is 0 Å². The predicted molar refractivity (Wildman–Crippen MR) is 164 cm³/mol. The number of hydrogen-bond acceptors (Lipinski definition) is 7. The Hall–Kier alpha value is -2.89. The zero-order valence-electron chi connectivity index (χ0n) is 24.8. The van der Waals surface area contributed by atoms with E-state index in [0.29, 0.717) is 31.7 Å². The van der Waals surface area contributed by atoms with Crippen molar-refractivity contribution in [3.63, 3.8) is 0 Å². The van der Waals surface area contributed by atoms with Crippen molar-refractivity contribution in [1.82, 2.24) is 15.5 Å². The number of amides is 4. The third-order valence-corrected chi connectivity index (χ3v) is 9.16. The van der Waals surface area contributed by atoms with E-state index in [1.54, 1.807) is 4.90 Å². The van der Waals surface area contributed by atoms with Gasteiger partial charge in [-0.3, -0.25) is 14.4 Å². The third-order valence-electron chi connectivity index (χ3n) is 9.16. The molecule has 11 nitrogen and oxygen atoms in total. The largest absolute Gasteiger partial charge is 0.445 e. The molecule has 3 aliphatic rings. The van der Waals surface area contributed by atoms with Gasteiger partial charge in [0.25, 0.3) is 0 Å². The second-order valence-corrected chi connectivity index (χ2v) is 12.2. The fourth-order valence-corrected chi connectivity index (χ4v) is 6.95. The summed E-state index contributed by atoms with van der Waals surface area (Å²) in [6.45, 7) is 0.494. The van der Waals surface area contributed by atoms with Gasteiger partial charge in [-0.25, -0.2) is 4.79 Å². The van der Waals surface area contributed by atoms with E-state index < -0.39 is 36.2 Å². The normalized spacial score (nSPS) is 23.5. The number of aliphatic hydroxyl groups excluding tert-OH is 1. The molecule has 3 fully saturated rings. The van der Waals surface area contributed by atoms with Crippen LogP contribution in [-0.2, 0) is 25.7 Å². The molecular formula is C31H48ClN5O6. The van der Waals surface area contributed by atoms with Crippen molar-refractivity contribution in [2.24, 2.45) is 23.3 Å². The van der Waals surface area contributed by atoms with Gasteiger partial charge >= 0.3 is 6.09 Å². The lowest BCUT2D eigenvalue weighted by molar-refractivity contribution is -0.145. The molecule has 6 atom stereocenters. The molecule has 1 aromatic carbocycles. The van der Waals surface area contributed by atoms with Crippen molar-refractivity contribution in [2.75, 3.05) is 6.54 Å². The highest BCUT2D eigenvalue weighted by atomic mass is 35.5. The van der Waals surface area contributed by atoms with E-state index in [2.05, 4.69) is 10.6 Å². The molecule has 4 amide bonds. The zero-order chi connectivity index (χ0) is 30.1. The van der Waals surface area contributed by atoms with E-state index in [-0.39, 0.29) is 49.2 Å². The minimum atomic E-state index is -1.57. The summed E-state index contributed by atoms with van der Waals surface area (Å²) in [4.78, 5) is 52.6. The molecule has 1 saturated heterocycles. The first-order chi connectivity index (χ1) is 20.2. The van der Waals surface area contributed by atoms with Crippen molar-refractivity contribution < 1.29 is 29.0 Å². The molecule has 240 valence electrons. The molecule has 0 radical (unpaired) electrons. The highest BCUT2D eigenvalue weighted by Gasteiger charge is 2.52. The summed E-state index contributed by atoms with van der Waals surface area (Å²) >= 11 is 0. The number of likely N-dealkylation sites (tertiary alicyclic amines) is 1. The van der Waals surface area contributed by atoms with Crippen LogP contribution in [0.4, 0.5) is 4.79 Å². The van der Waals surface area contributed by atoms with Crippen molar-refractivity contribution in [1.29, 1.82) is 0 Å². The molecule has 0 aromatic heterocycles. The van der Waals surface area contributed by atoms with E-state index >= 15 is 0 Å². The number of ether oxygens (including phenoxy) is 1. The van der Waals surface area contributed by atoms with E-state index in [4.69, 9.17) is 16.2 Å². The molecular weight excluding hydrogens is 574 g/mol. The second kappa shape index (κ2) is 16.8. The van der Waals surface area contributed by atoms with Crippen molar-refractivity contribution >= 4 is 36.2 Å². The number of aliphatic hydroxyl groups is 1. The molecule has 2 bridgehead atoms. The van der Waals surface area contributed by atoms with Crippen LogP contribution in [0.1, 0.15) is 82.6 Å². The van der Waals surface area contributed by atoms with E-state index in [1.165, 1.54) is 19.3 Å². The van der Waals surface area contributed by atoms with Gasteiger partial charge in [0, 0.05) is 12.6 Å². The molecule has 1 heterocycles. The third kappa shape index (κ3) is 9.55. The predicted octanol–water partition coefficient (Wildman–Crippen LogP) is 2.51. The van der Waals surface area contributed by atoms with Crippen LogP contribution in [0.3, 0.4) is 0 Å². The Morgan fingerprint density at radius 3 is 2.44 bits per heavy atom. The number of rotatable bonds is 14. The smallest absolute Gasteiger partial charge is 0.407 e. The standard InChI is InChI=1S/C31H47N5O6.ClH/c32-24(17-20-9-3-1-4-10-20)30(40)36-23-15-14-22(18-23)26(36)29(39)35-25(27(37)28(33)38)13-7-8-16-34-31(41)42-19-21-11-5-2-6-12-21;/h2,5-6,11-12,20,22-27,37H,1,3-4,7-10,13-19,32H2,(H2,33,38)(H,34,41)(H,35,39);1H/t22?,23?,24-,25?,26+,27?;/m1./s1. The van der Waals surface area contributed by atoms with Crippen LogP contribution in [0.2, 0.25) is 0 Å². The Bertz CT molecular complexity index is 1070. The van der Waals surface area contributed by atoms with Crippen molar-refractivity contribution in [2.45, 2.75) is 114 Å². The molecule has 1 aliphatic heterocycles. The fraction of sp³-hybridized carbons (Fsp3) is 0.677. The lowest BCUT2D eigenvalue weighted by Gasteiger charge is -2.37. The van der Waals surface area contributed by atoms with E-state index in [0.717, 1.165) is 37.7 Å². The lowest BCUT2D eigenvalue weighted by atomic mass is 9.84. The molecule has 4 unspecified atom stereocenters. The molecule has 4 rings (SSSR count). The summed E-state index contributed by atoms with van der Waals surface area (Å²) < 4.78 is 5.20. The number of carbonyl (C=O) groups excluding carboxylic acids is 4. The summed E-state index contributed by atoms with van der Waals surface area (Å²) in [6.07, 6.45) is 8.04.